The van der Waals surface area contributed by atoms with E-state index < -0.39 is 23.7 Å². The van der Waals surface area contributed by atoms with Gasteiger partial charge in [0.25, 0.3) is 0 Å². The van der Waals surface area contributed by atoms with E-state index >= 15 is 0 Å². The zero-order chi connectivity index (χ0) is 19.7. The predicted molar refractivity (Wildman–Crippen MR) is 96.7 cm³/mol. The van der Waals surface area contributed by atoms with Gasteiger partial charge in [0, 0.05) is 13.3 Å². The van der Waals surface area contributed by atoms with Gasteiger partial charge in [0.15, 0.2) is 0 Å². The minimum Gasteiger partial charge on any atom is -0.467 e. The fourth-order valence-corrected chi connectivity index (χ4v) is 1.96. The first kappa shape index (κ1) is 21.1. The summed E-state index contributed by atoms with van der Waals surface area (Å²) in [5.74, 6) is -0.820. The van der Waals surface area contributed by atoms with E-state index in [0.29, 0.717) is 0 Å². The predicted octanol–water partition coefficient (Wildman–Crippen LogP) is 1.77. The van der Waals surface area contributed by atoms with Gasteiger partial charge in [0.1, 0.15) is 11.6 Å². The standard InChI is InChI=1S/C18H25N3O5/c1-12(22)21-19-11-14-8-6-13(7-9-14)10-15(16(23)25-5)20-17(24)26-18(2,3)4/h6-9,11,15H,10H2,1-5H3,(H,20,24)(H,21,22)/b19-11+. The Morgan fingerprint density at radius 2 is 1.81 bits per heavy atom. The molecular weight excluding hydrogens is 338 g/mol. The lowest BCUT2D eigenvalue weighted by Crippen LogP contribution is -2.45. The van der Waals surface area contributed by atoms with Crippen molar-refractivity contribution >= 4 is 24.2 Å². The van der Waals surface area contributed by atoms with Crippen LogP contribution in [0.1, 0.15) is 38.8 Å². The lowest BCUT2D eigenvalue weighted by Gasteiger charge is -2.22. The molecule has 2 amide bonds. The second-order valence-electron chi connectivity index (χ2n) is 6.59. The molecule has 1 rings (SSSR count). The number of rotatable bonds is 6. The molecule has 1 aromatic rings. The zero-order valence-electron chi connectivity index (χ0n) is 15.7. The van der Waals surface area contributed by atoms with Crippen LogP contribution >= 0.6 is 0 Å². The molecule has 0 saturated carbocycles. The van der Waals surface area contributed by atoms with Crippen LogP contribution in [0.15, 0.2) is 29.4 Å². The number of hydrogen-bond acceptors (Lipinski definition) is 6. The molecule has 0 bridgehead atoms. The number of carbonyl (C=O) groups excluding carboxylic acids is 3. The summed E-state index contributed by atoms with van der Waals surface area (Å²) >= 11 is 0. The average molecular weight is 363 g/mol. The first-order chi connectivity index (χ1) is 12.1. The van der Waals surface area contributed by atoms with Crippen molar-refractivity contribution in [2.75, 3.05) is 7.11 Å². The van der Waals surface area contributed by atoms with Crippen LogP contribution in [-0.2, 0) is 25.5 Å². The van der Waals surface area contributed by atoms with E-state index in [4.69, 9.17) is 9.47 Å². The maximum atomic E-state index is 11.9. The highest BCUT2D eigenvalue weighted by atomic mass is 16.6. The van der Waals surface area contributed by atoms with Crippen LogP contribution < -0.4 is 10.7 Å². The number of benzene rings is 1. The van der Waals surface area contributed by atoms with Gasteiger partial charge >= 0.3 is 12.1 Å². The van der Waals surface area contributed by atoms with Crippen molar-refractivity contribution in [2.24, 2.45) is 5.10 Å². The van der Waals surface area contributed by atoms with Crippen LogP contribution in [0.4, 0.5) is 4.79 Å². The lowest BCUT2D eigenvalue weighted by molar-refractivity contribution is -0.143. The van der Waals surface area contributed by atoms with E-state index in [1.54, 1.807) is 45.0 Å². The Balaban J connectivity index is 2.76. The normalized spacial score (nSPS) is 12.3. The maximum absolute atomic E-state index is 11.9. The van der Waals surface area contributed by atoms with Crippen molar-refractivity contribution in [1.82, 2.24) is 10.7 Å². The Bertz CT molecular complexity index is 662. The molecule has 142 valence electrons. The molecule has 0 heterocycles. The molecule has 1 aromatic carbocycles. The number of hydrogen-bond donors (Lipinski definition) is 2. The monoisotopic (exact) mass is 363 g/mol. The van der Waals surface area contributed by atoms with Gasteiger partial charge in [-0.15, -0.1) is 0 Å². The molecule has 1 unspecified atom stereocenters. The number of methoxy groups -OCH3 is 1. The summed E-state index contributed by atoms with van der Waals surface area (Å²) in [6, 6.07) is 6.28. The molecule has 0 saturated heterocycles. The molecule has 8 nitrogen and oxygen atoms in total. The Morgan fingerprint density at radius 1 is 1.19 bits per heavy atom. The Labute approximate surface area is 152 Å². The third kappa shape index (κ3) is 8.27. The van der Waals surface area contributed by atoms with Gasteiger partial charge in [0.2, 0.25) is 5.91 Å². The lowest BCUT2D eigenvalue weighted by atomic mass is 10.0. The number of nitrogens with one attached hydrogen (secondary N) is 2. The number of esters is 1. The molecule has 0 fully saturated rings. The summed E-state index contributed by atoms with van der Waals surface area (Å²) in [6.07, 6.45) is 1.06. The van der Waals surface area contributed by atoms with Gasteiger partial charge in [-0.25, -0.2) is 15.0 Å². The molecule has 26 heavy (non-hydrogen) atoms. The third-order valence-electron chi connectivity index (χ3n) is 3.03. The summed E-state index contributed by atoms with van der Waals surface area (Å²) in [5, 5.41) is 6.30. The molecule has 8 heteroatoms. The molecule has 0 aromatic heterocycles. The van der Waals surface area contributed by atoms with Gasteiger partial charge in [-0.2, -0.15) is 5.10 Å². The third-order valence-corrected chi connectivity index (χ3v) is 3.03. The van der Waals surface area contributed by atoms with Crippen molar-refractivity contribution < 1.29 is 23.9 Å². The highest BCUT2D eigenvalue weighted by molar-refractivity contribution is 5.82. The summed E-state index contributed by atoms with van der Waals surface area (Å²) in [5.41, 5.74) is 3.23. The minimum absolute atomic E-state index is 0.245. The topological polar surface area (TPSA) is 106 Å². The molecule has 0 spiro atoms. The van der Waals surface area contributed by atoms with Crippen LogP contribution in [0.2, 0.25) is 0 Å². The molecular formula is C18H25N3O5. The van der Waals surface area contributed by atoms with Crippen LogP contribution in [0.5, 0.6) is 0 Å². The van der Waals surface area contributed by atoms with E-state index in [1.807, 2.05) is 0 Å². The second kappa shape index (κ2) is 9.55. The van der Waals surface area contributed by atoms with Gasteiger partial charge < -0.3 is 14.8 Å². The van der Waals surface area contributed by atoms with Gasteiger partial charge in [-0.1, -0.05) is 24.3 Å². The number of amides is 2. The first-order valence-corrected chi connectivity index (χ1v) is 8.06. The summed E-state index contributed by atoms with van der Waals surface area (Å²) < 4.78 is 9.92. The molecule has 1 atom stereocenters. The highest BCUT2D eigenvalue weighted by Gasteiger charge is 2.25. The molecule has 0 aliphatic rings. The van der Waals surface area contributed by atoms with Gasteiger partial charge in [0.05, 0.1) is 13.3 Å². The van der Waals surface area contributed by atoms with Crippen molar-refractivity contribution in [3.63, 3.8) is 0 Å². The zero-order valence-corrected chi connectivity index (χ0v) is 15.7. The van der Waals surface area contributed by atoms with Crippen LogP contribution in [0.25, 0.3) is 0 Å². The maximum Gasteiger partial charge on any atom is 0.408 e. The summed E-state index contributed by atoms with van der Waals surface area (Å²) in [7, 11) is 1.26. The van der Waals surface area contributed by atoms with Crippen LogP contribution in [0.3, 0.4) is 0 Å². The van der Waals surface area contributed by atoms with Gasteiger partial charge in [-0.3, -0.25) is 4.79 Å². The Morgan fingerprint density at radius 3 is 2.31 bits per heavy atom. The molecule has 0 radical (unpaired) electrons. The number of hydrazone groups is 1. The largest absolute Gasteiger partial charge is 0.467 e. The van der Waals surface area contributed by atoms with E-state index in [2.05, 4.69) is 15.8 Å². The van der Waals surface area contributed by atoms with E-state index in [0.717, 1.165) is 11.1 Å². The van der Waals surface area contributed by atoms with Crippen molar-refractivity contribution in [3.05, 3.63) is 35.4 Å². The van der Waals surface area contributed by atoms with Gasteiger partial charge in [-0.05, 0) is 31.9 Å². The Kier molecular flexibility index (Phi) is 7.77. The second-order valence-corrected chi connectivity index (χ2v) is 6.59. The quantitative estimate of drug-likeness (QED) is 0.455. The first-order valence-electron chi connectivity index (χ1n) is 8.06. The van der Waals surface area contributed by atoms with Crippen molar-refractivity contribution in [2.45, 2.75) is 45.8 Å². The SMILES string of the molecule is COC(=O)C(Cc1ccc(/C=N/NC(C)=O)cc1)NC(=O)OC(C)(C)C. The molecule has 0 aliphatic carbocycles. The number of alkyl carbamates (subject to hydrolysis) is 1. The smallest absolute Gasteiger partial charge is 0.408 e. The summed E-state index contributed by atoms with van der Waals surface area (Å²) in [6.45, 7) is 6.58. The minimum atomic E-state index is -0.867. The van der Waals surface area contributed by atoms with Crippen LogP contribution in [-0.4, -0.2) is 42.9 Å². The molecule has 2 N–H and O–H groups in total. The fraction of sp³-hybridized carbons (Fsp3) is 0.444. The van der Waals surface area contributed by atoms with E-state index in [9.17, 15) is 14.4 Å². The Hall–Kier alpha value is -2.90. The summed E-state index contributed by atoms with van der Waals surface area (Å²) in [4.78, 5) is 34.6. The van der Waals surface area contributed by atoms with E-state index in [1.165, 1.54) is 20.2 Å². The molecule has 0 aliphatic heterocycles. The van der Waals surface area contributed by atoms with Crippen molar-refractivity contribution in [3.8, 4) is 0 Å². The average Bonchev–Trinajstić information content (AvgIpc) is 2.53. The van der Waals surface area contributed by atoms with Crippen LogP contribution in [0, 0.1) is 0 Å². The number of nitrogens with zero attached hydrogens (tertiary/aromatic N) is 1. The number of carbonyl (C=O) groups is 3. The number of ether oxygens (including phenoxy) is 2. The highest BCUT2D eigenvalue weighted by Crippen LogP contribution is 2.10. The fourth-order valence-electron chi connectivity index (χ4n) is 1.96. The van der Waals surface area contributed by atoms with Crippen molar-refractivity contribution in [1.29, 1.82) is 0 Å². The van der Waals surface area contributed by atoms with E-state index in [-0.39, 0.29) is 12.3 Å².